The van der Waals surface area contributed by atoms with E-state index in [-0.39, 0.29) is 11.5 Å². The highest BCUT2D eigenvalue weighted by atomic mass is 19.3. The van der Waals surface area contributed by atoms with Crippen LogP contribution in [0, 0.1) is 12.7 Å². The van der Waals surface area contributed by atoms with Gasteiger partial charge in [-0.25, -0.2) is 14.4 Å². The maximum atomic E-state index is 15.4. The number of benzene rings is 2. The number of aromatic nitrogens is 2. The van der Waals surface area contributed by atoms with Gasteiger partial charge in [0.1, 0.15) is 28.6 Å². The average Bonchev–Trinajstić information content (AvgIpc) is 2.80. The Morgan fingerprint density at radius 1 is 1.11 bits per heavy atom. The summed E-state index contributed by atoms with van der Waals surface area (Å²) in [5, 5.41) is 13.7. The van der Waals surface area contributed by atoms with E-state index in [1.54, 1.807) is 31.9 Å². The molecule has 0 saturated carbocycles. The van der Waals surface area contributed by atoms with Gasteiger partial charge in [-0.05, 0) is 59.7 Å². The van der Waals surface area contributed by atoms with Crippen LogP contribution in [0.5, 0.6) is 0 Å². The highest BCUT2D eigenvalue weighted by Gasteiger charge is 2.49. The van der Waals surface area contributed by atoms with Gasteiger partial charge in [0, 0.05) is 25.0 Å². The quantitative estimate of drug-likeness (QED) is 0.480. The van der Waals surface area contributed by atoms with Crippen LogP contribution in [0.4, 0.5) is 30.4 Å². The molecule has 3 aromatic rings. The SMILES string of the molecule is Cc1nc(N[C@H](C)c2cccc(C(F)(F)C(C)(C)O)c2F)c2cc3c(cc2n1)N(C)C(C)(C)C(=O)N3C. The van der Waals surface area contributed by atoms with Crippen molar-refractivity contribution in [1.29, 1.82) is 0 Å². The zero-order chi connectivity index (χ0) is 27.7. The van der Waals surface area contributed by atoms with Crippen LogP contribution >= 0.6 is 0 Å². The molecule has 1 atom stereocenters. The number of nitrogens with zero attached hydrogens (tertiary/aromatic N) is 4. The van der Waals surface area contributed by atoms with Crippen LogP contribution < -0.4 is 15.1 Å². The summed E-state index contributed by atoms with van der Waals surface area (Å²) in [7, 11) is 3.56. The normalized spacial score (nSPS) is 16.7. The van der Waals surface area contributed by atoms with Crippen molar-refractivity contribution in [3.8, 4) is 0 Å². The van der Waals surface area contributed by atoms with Crippen LogP contribution in [0.15, 0.2) is 30.3 Å². The first-order valence-electron chi connectivity index (χ1n) is 12.0. The van der Waals surface area contributed by atoms with Crippen molar-refractivity contribution in [2.45, 2.75) is 64.6 Å². The van der Waals surface area contributed by atoms with Gasteiger partial charge in [-0.1, -0.05) is 12.1 Å². The van der Waals surface area contributed by atoms with Crippen molar-refractivity contribution in [2.75, 3.05) is 29.2 Å². The minimum Gasteiger partial charge on any atom is -0.384 e. The Balaban J connectivity index is 1.80. The van der Waals surface area contributed by atoms with Crippen LogP contribution in [0.25, 0.3) is 10.9 Å². The molecule has 0 saturated heterocycles. The number of carbonyl (C=O) groups excluding carboxylic acids is 1. The third-order valence-electron chi connectivity index (χ3n) is 7.25. The maximum absolute atomic E-state index is 15.4. The van der Waals surface area contributed by atoms with Crippen molar-refractivity contribution in [1.82, 2.24) is 9.97 Å². The fourth-order valence-electron chi connectivity index (χ4n) is 4.62. The molecule has 1 aliphatic heterocycles. The fourth-order valence-corrected chi connectivity index (χ4v) is 4.62. The molecular formula is C27H32F3N5O2. The predicted molar refractivity (Wildman–Crippen MR) is 139 cm³/mol. The molecule has 7 nitrogen and oxygen atoms in total. The number of alkyl halides is 2. The zero-order valence-corrected chi connectivity index (χ0v) is 22.2. The third kappa shape index (κ3) is 4.17. The van der Waals surface area contributed by atoms with Gasteiger partial charge in [-0.15, -0.1) is 0 Å². The topological polar surface area (TPSA) is 81.6 Å². The summed E-state index contributed by atoms with van der Waals surface area (Å²) in [6.07, 6.45) is 0. The van der Waals surface area contributed by atoms with E-state index in [4.69, 9.17) is 0 Å². The van der Waals surface area contributed by atoms with Crippen molar-refractivity contribution < 1.29 is 23.1 Å². The van der Waals surface area contributed by atoms with E-state index < -0.39 is 34.5 Å². The molecule has 1 amide bonds. The maximum Gasteiger partial charge on any atom is 0.303 e. The second-order valence-corrected chi connectivity index (χ2v) is 10.7. The number of hydrogen-bond acceptors (Lipinski definition) is 6. The molecule has 1 aliphatic rings. The Kier molecular flexibility index (Phi) is 6.18. The van der Waals surface area contributed by atoms with Crippen LogP contribution in [-0.2, 0) is 10.7 Å². The van der Waals surface area contributed by atoms with Gasteiger partial charge in [0.05, 0.1) is 28.5 Å². The second-order valence-electron chi connectivity index (χ2n) is 10.7. The minimum absolute atomic E-state index is 0.00224. The molecule has 2 aromatic carbocycles. The van der Waals surface area contributed by atoms with Gasteiger partial charge in [-0.3, -0.25) is 4.79 Å². The summed E-state index contributed by atoms with van der Waals surface area (Å²) in [5.74, 6) is -4.14. The molecule has 0 spiro atoms. The van der Waals surface area contributed by atoms with Gasteiger partial charge in [0.25, 0.3) is 5.91 Å². The summed E-state index contributed by atoms with van der Waals surface area (Å²) in [6, 6.07) is 6.66. The van der Waals surface area contributed by atoms with Crippen LogP contribution in [-0.4, -0.2) is 46.2 Å². The first-order valence-corrected chi connectivity index (χ1v) is 12.0. The Labute approximate surface area is 214 Å². The largest absolute Gasteiger partial charge is 0.384 e. The van der Waals surface area contributed by atoms with Crippen molar-refractivity contribution in [2.24, 2.45) is 0 Å². The number of rotatable bonds is 5. The summed E-state index contributed by atoms with van der Waals surface area (Å²) >= 11 is 0. The molecule has 0 bridgehead atoms. The molecule has 1 aromatic heterocycles. The summed E-state index contributed by atoms with van der Waals surface area (Å²) in [5.41, 5.74) is -1.97. The molecule has 0 aliphatic carbocycles. The number of halogens is 3. The molecule has 4 rings (SSSR count). The Hall–Kier alpha value is -3.40. The monoisotopic (exact) mass is 515 g/mol. The number of anilines is 3. The molecule has 10 heteroatoms. The van der Waals surface area contributed by atoms with Crippen LogP contribution in [0.1, 0.15) is 57.6 Å². The minimum atomic E-state index is -3.80. The van der Waals surface area contributed by atoms with E-state index in [0.29, 0.717) is 28.2 Å². The van der Waals surface area contributed by atoms with Gasteiger partial charge in [0.15, 0.2) is 0 Å². The highest BCUT2D eigenvalue weighted by molar-refractivity contribution is 6.10. The lowest BCUT2D eigenvalue weighted by Crippen LogP contribution is -2.57. The Morgan fingerprint density at radius 2 is 1.76 bits per heavy atom. The number of hydrogen-bond donors (Lipinski definition) is 2. The first-order chi connectivity index (χ1) is 17.0. The zero-order valence-electron chi connectivity index (χ0n) is 22.2. The Bertz CT molecular complexity index is 1400. The summed E-state index contributed by atoms with van der Waals surface area (Å²) in [4.78, 5) is 25.5. The molecule has 0 fully saturated rings. The lowest BCUT2D eigenvalue weighted by Gasteiger charge is -2.45. The fraction of sp³-hybridized carbons (Fsp3) is 0.444. The second kappa shape index (κ2) is 8.58. The van der Waals surface area contributed by atoms with E-state index in [9.17, 15) is 18.7 Å². The number of carbonyl (C=O) groups is 1. The van der Waals surface area contributed by atoms with Gasteiger partial charge in [-0.2, -0.15) is 8.78 Å². The van der Waals surface area contributed by atoms with E-state index >= 15 is 4.39 Å². The predicted octanol–water partition coefficient (Wildman–Crippen LogP) is 5.30. The number of nitrogens with one attached hydrogen (secondary N) is 1. The molecular weight excluding hydrogens is 483 g/mol. The molecule has 0 unspecified atom stereocenters. The molecule has 2 N–H and O–H groups in total. The average molecular weight is 516 g/mol. The van der Waals surface area contributed by atoms with E-state index in [2.05, 4.69) is 15.3 Å². The smallest absolute Gasteiger partial charge is 0.303 e. The highest BCUT2D eigenvalue weighted by Crippen LogP contribution is 2.43. The van der Waals surface area contributed by atoms with Crippen LogP contribution in [0.3, 0.4) is 0 Å². The van der Waals surface area contributed by atoms with Crippen molar-refractivity contribution in [3.63, 3.8) is 0 Å². The van der Waals surface area contributed by atoms with Gasteiger partial charge >= 0.3 is 5.92 Å². The van der Waals surface area contributed by atoms with Crippen molar-refractivity contribution in [3.05, 3.63) is 53.1 Å². The van der Waals surface area contributed by atoms with Crippen molar-refractivity contribution >= 4 is 34.0 Å². The van der Waals surface area contributed by atoms with E-state index in [1.165, 1.54) is 12.1 Å². The lowest BCUT2D eigenvalue weighted by atomic mass is 9.91. The van der Waals surface area contributed by atoms with Gasteiger partial charge < -0.3 is 20.2 Å². The summed E-state index contributed by atoms with van der Waals surface area (Å²) < 4.78 is 45.0. The van der Waals surface area contributed by atoms with Gasteiger partial charge in [0.2, 0.25) is 0 Å². The molecule has 198 valence electrons. The number of amides is 1. The number of fused-ring (bicyclic) bond motifs is 2. The molecule has 37 heavy (non-hydrogen) atoms. The Morgan fingerprint density at radius 3 is 2.38 bits per heavy atom. The first kappa shape index (κ1) is 26.7. The number of aryl methyl sites for hydroxylation is 1. The third-order valence-corrected chi connectivity index (χ3v) is 7.25. The van der Waals surface area contributed by atoms with Crippen LogP contribution in [0.2, 0.25) is 0 Å². The lowest BCUT2D eigenvalue weighted by molar-refractivity contribution is -0.170. The van der Waals surface area contributed by atoms with E-state index in [0.717, 1.165) is 25.6 Å². The standard InChI is InChI=1S/C27H32F3N5O2/c1-14(16-10-9-11-18(22(16)28)27(29,30)26(5,6)37)31-23-17-12-20-21(13-19(17)32-15(2)33-23)35(8)25(3,4)24(36)34(20)7/h9-14,37H,1-8H3,(H,31,32,33)/t14-/m1/s1. The molecule has 2 heterocycles. The van der Waals surface area contributed by atoms with E-state index in [1.807, 2.05) is 31.9 Å². The molecule has 0 radical (unpaired) electrons. The number of aliphatic hydroxyl groups is 1. The summed E-state index contributed by atoms with van der Waals surface area (Å²) in [6.45, 7) is 8.95. The number of likely N-dealkylation sites (N-methyl/N-ethyl adjacent to an activating group) is 2.